The predicted octanol–water partition coefficient (Wildman–Crippen LogP) is 22.5. The summed E-state index contributed by atoms with van der Waals surface area (Å²) in [5, 5.41) is 14.0. The van der Waals surface area contributed by atoms with Crippen LogP contribution in [-0.4, -0.2) is 20.4 Å². The summed E-state index contributed by atoms with van der Waals surface area (Å²) in [6.07, 6.45) is 0. The van der Waals surface area contributed by atoms with Gasteiger partial charge in [0.25, 0.3) is 6.71 Å². The largest absolute Gasteiger partial charge is 0.311 e. The Morgan fingerprint density at radius 2 is 0.720 bits per heavy atom. The number of benzene rings is 14. The lowest BCUT2D eigenvalue weighted by molar-refractivity contribution is 0.569. The monoisotopic (exact) mass is 1300 g/mol. The molecule has 0 aliphatic carbocycles. The summed E-state index contributed by atoms with van der Waals surface area (Å²) in [6, 6.07) is 65.1. The number of hydrogen-bond acceptors (Lipinski definition) is 3. The molecular formula is C93H69BN6. The molecule has 100 heavy (non-hydrogen) atoms. The molecule has 3 aromatic heterocycles. The summed E-state index contributed by atoms with van der Waals surface area (Å²) >= 11 is 0. The molecule has 6 nitrogen and oxygen atoms in total. The van der Waals surface area contributed by atoms with Gasteiger partial charge in [-0.25, -0.2) is 0 Å². The topological polar surface area (TPSA) is 45.1 Å². The van der Waals surface area contributed by atoms with Crippen LogP contribution in [0.4, 0.5) is 34.1 Å². The van der Waals surface area contributed by atoms with E-state index in [0.29, 0.717) is 50.7 Å². The average molecular weight is 1300 g/mol. The average Bonchev–Trinajstić information content (AvgIpc) is 1.01. The van der Waals surface area contributed by atoms with Gasteiger partial charge in [-0.3, -0.25) is 0 Å². The lowest BCUT2D eigenvalue weighted by atomic mass is 9.33. The number of aromatic nitrogens is 3. The minimum absolute atomic E-state index is 0.0708. The van der Waals surface area contributed by atoms with E-state index in [-0.39, 0.29) is 71.4 Å². The highest BCUT2D eigenvalue weighted by Gasteiger charge is 2.45. The van der Waals surface area contributed by atoms with Gasteiger partial charge in [-0.15, -0.1) is 0 Å². The minimum atomic E-state index is -0.821. The van der Waals surface area contributed by atoms with Crippen molar-refractivity contribution in [3.05, 3.63) is 326 Å². The van der Waals surface area contributed by atoms with E-state index < -0.39 is 103 Å². The fourth-order valence-electron chi connectivity index (χ4n) is 15.5. The summed E-state index contributed by atoms with van der Waals surface area (Å²) in [5.74, 6) is 0. The highest BCUT2D eigenvalue weighted by atomic mass is 15.2. The Kier molecular flexibility index (Phi) is 9.93. The molecule has 2 aliphatic rings. The summed E-state index contributed by atoms with van der Waals surface area (Å²) in [6.45, 7) is 12.3. The zero-order valence-electron chi connectivity index (χ0n) is 71.5. The third-order valence-electron chi connectivity index (χ3n) is 20.2. The normalized spacial score (nSPS) is 15.1. The van der Waals surface area contributed by atoms with Crippen molar-refractivity contribution in [3.63, 3.8) is 0 Å². The Labute approximate surface area is 605 Å². The Morgan fingerprint density at radius 3 is 1.19 bits per heavy atom. The van der Waals surface area contributed by atoms with Gasteiger partial charge in [0.15, 0.2) is 0 Å². The number of hydrogen-bond donors (Lipinski definition) is 0. The molecule has 14 aromatic carbocycles. The lowest BCUT2D eigenvalue weighted by Crippen LogP contribution is -2.61. The van der Waals surface area contributed by atoms with E-state index in [2.05, 4.69) is 147 Å². The molecule has 2 aliphatic heterocycles. The second-order valence-electron chi connectivity index (χ2n) is 28.0. The number of nitriles is 1. The van der Waals surface area contributed by atoms with Crippen molar-refractivity contribution in [2.75, 3.05) is 9.80 Å². The molecule has 0 fully saturated rings. The summed E-state index contributed by atoms with van der Waals surface area (Å²) in [4.78, 5) is 4.31. The van der Waals surface area contributed by atoms with E-state index in [0.717, 1.165) is 71.8 Å². The van der Waals surface area contributed by atoms with Crippen LogP contribution in [0.2, 0.25) is 0 Å². The van der Waals surface area contributed by atoms with Crippen LogP contribution in [-0.2, 0) is 10.8 Å². The summed E-state index contributed by atoms with van der Waals surface area (Å²) in [7, 11) is 0. The van der Waals surface area contributed by atoms with Gasteiger partial charge in [0.2, 0.25) is 0 Å². The number of anilines is 6. The maximum atomic E-state index is 12.5. The Bertz CT molecular complexity index is 7000. The number of fused-ring (bicyclic) bond motifs is 13. The highest BCUT2D eigenvalue weighted by Crippen LogP contribution is 2.51. The van der Waals surface area contributed by atoms with Crippen molar-refractivity contribution in [2.45, 2.75) is 52.4 Å². The first-order valence-electron chi connectivity index (χ1n) is 41.5. The van der Waals surface area contributed by atoms with Crippen molar-refractivity contribution >= 4 is 123 Å². The fraction of sp³-hybridized carbons (Fsp3) is 0.0860. The fourth-order valence-corrected chi connectivity index (χ4v) is 15.5. The molecule has 0 radical (unpaired) electrons. The molecule has 0 bridgehead atoms. The van der Waals surface area contributed by atoms with Crippen LogP contribution < -0.4 is 26.2 Å². The minimum Gasteiger partial charge on any atom is -0.311 e. The van der Waals surface area contributed by atoms with Crippen molar-refractivity contribution in [1.29, 1.82) is 5.26 Å². The highest BCUT2D eigenvalue weighted by molar-refractivity contribution is 7.00. The van der Waals surface area contributed by atoms with Crippen molar-refractivity contribution in [3.8, 4) is 56.5 Å². The lowest BCUT2D eigenvalue weighted by Gasteiger charge is -2.45. The molecule has 0 unspecified atom stereocenters. The standard InChI is InChI=1S/C93H69BN6/c1-92(2,3)65-49-63(50-66(55-65)93(4,5)6)64-53-89-91-90(54-64)100(86-43-25-42-85(76(86)58-95)99-83-40-23-17-34-74(83)75-35-18-24-41-84(75)99)88-57-68(97-81-38-21-15-32-72(81)73-33-16-22-39-82(73)97)45-47-78(88)94(91)77-46-44-67(96-79-36-19-13-30-70(79)71-31-14-20-37-80(71)96)56-87(77)98(89)69-51-61(59-26-9-7-10-27-59)48-62(52-69)60-28-11-8-12-29-60/h7-57H,1-6H3/i13D,14D,15D,16D,19D,20D,21D,22D,30D,31D,32D,33D,36D,37D,38D,39D. The molecule has 7 heteroatoms. The van der Waals surface area contributed by atoms with Crippen LogP contribution in [0.3, 0.4) is 0 Å². The maximum Gasteiger partial charge on any atom is 0.252 e. The van der Waals surface area contributed by atoms with E-state index in [9.17, 15) is 21.7 Å². The summed E-state index contributed by atoms with van der Waals surface area (Å²) in [5.41, 5.74) is 14.6. The molecular weight excluding hydrogens is 1210 g/mol. The van der Waals surface area contributed by atoms with Gasteiger partial charge in [0.05, 0.1) is 66.4 Å². The summed E-state index contributed by atoms with van der Waals surface area (Å²) < 4.78 is 156. The molecule has 474 valence electrons. The molecule has 5 heterocycles. The van der Waals surface area contributed by atoms with Gasteiger partial charge in [-0.05, 0) is 175 Å². The quantitative estimate of drug-likeness (QED) is 0.142. The molecule has 0 amide bonds. The Morgan fingerprint density at radius 1 is 0.310 bits per heavy atom. The van der Waals surface area contributed by atoms with E-state index in [4.69, 9.17) is 5.48 Å². The van der Waals surface area contributed by atoms with Crippen LogP contribution in [0, 0.1) is 11.3 Å². The van der Waals surface area contributed by atoms with Crippen LogP contribution in [0.1, 0.15) is 80.2 Å². The van der Waals surface area contributed by atoms with Gasteiger partial charge >= 0.3 is 0 Å². The van der Waals surface area contributed by atoms with Gasteiger partial charge in [0, 0.05) is 72.1 Å². The first-order valence-corrected chi connectivity index (χ1v) is 33.5. The number of para-hydroxylation sites is 6. The van der Waals surface area contributed by atoms with E-state index in [1.165, 1.54) is 9.13 Å². The van der Waals surface area contributed by atoms with E-state index in [1.807, 2.05) is 115 Å². The molecule has 0 saturated carbocycles. The van der Waals surface area contributed by atoms with Crippen molar-refractivity contribution in [2.24, 2.45) is 0 Å². The maximum absolute atomic E-state index is 12.5. The van der Waals surface area contributed by atoms with Gasteiger partial charge in [-0.1, -0.05) is 248 Å². The van der Waals surface area contributed by atoms with Crippen LogP contribution in [0.25, 0.3) is 116 Å². The SMILES string of the molecule is [2H]c1c([2H])c([2H])c2c(c1[2H])c1c([2H])c([2H])c([2H])c([2H])c1n2-c1ccc2c(c1)N(c1cc(-c3ccccc3)cc(-c3ccccc3)c1)c1cc(-c3cc(C(C)(C)C)cc(C(C)(C)C)c3)cc3c1B2c1ccc(-n2c4c([2H])c([2H])c([2H])c([2H])c4c4c([2H])c([2H])c([2H])c([2H])c42)cc1N3c1cccc(-n2c3ccccc3c3ccccc32)c1C#N. The zero-order valence-corrected chi connectivity index (χ0v) is 55.5. The van der Waals surface area contributed by atoms with Crippen LogP contribution in [0.5, 0.6) is 0 Å². The first kappa shape index (κ1) is 44.5. The number of rotatable bonds is 8. The second kappa shape index (κ2) is 22.3. The third kappa shape index (κ3) is 9.10. The Hall–Kier alpha value is -12.4. The molecule has 17 aromatic rings. The Balaban J connectivity index is 1.02. The van der Waals surface area contributed by atoms with E-state index in [1.54, 1.807) is 12.1 Å². The molecule has 0 spiro atoms. The first-order chi connectivity index (χ1) is 55.5. The second-order valence-corrected chi connectivity index (χ2v) is 28.0. The molecule has 0 saturated heterocycles. The van der Waals surface area contributed by atoms with Gasteiger partial charge in [0.1, 0.15) is 11.6 Å². The van der Waals surface area contributed by atoms with Crippen LogP contribution >= 0.6 is 0 Å². The van der Waals surface area contributed by atoms with E-state index >= 15 is 0 Å². The van der Waals surface area contributed by atoms with Gasteiger partial charge in [-0.2, -0.15) is 5.26 Å². The predicted molar refractivity (Wildman–Crippen MR) is 422 cm³/mol. The molecule has 19 rings (SSSR count). The number of nitrogens with zero attached hydrogens (tertiary/aromatic N) is 6. The van der Waals surface area contributed by atoms with Crippen molar-refractivity contribution < 1.29 is 21.9 Å². The van der Waals surface area contributed by atoms with Crippen molar-refractivity contribution in [1.82, 2.24) is 13.7 Å². The molecule has 0 atom stereocenters. The smallest absolute Gasteiger partial charge is 0.252 e. The van der Waals surface area contributed by atoms with Gasteiger partial charge < -0.3 is 23.5 Å². The zero-order chi connectivity index (χ0) is 81.2. The van der Waals surface area contributed by atoms with Crippen LogP contribution in [0.15, 0.2) is 309 Å². The molecule has 0 N–H and O–H groups in total. The third-order valence-corrected chi connectivity index (χ3v) is 20.2.